The molecule has 3 amide bonds. The van der Waals surface area contributed by atoms with Crippen molar-refractivity contribution < 1.29 is 14.3 Å². The number of primary amides is 1. The Bertz CT molecular complexity index is 319. The number of nitrogens with one attached hydrogen (secondary N) is 1. The Morgan fingerprint density at radius 3 is 2.22 bits per heavy atom. The quantitative estimate of drug-likeness (QED) is 0.681. The summed E-state index contributed by atoms with van der Waals surface area (Å²) in [5, 5.41) is 1.97. The summed E-state index contributed by atoms with van der Waals surface area (Å²) in [6.45, 7) is 4.63. The van der Waals surface area contributed by atoms with Crippen LogP contribution in [0.2, 0.25) is 0 Å². The minimum atomic E-state index is -0.866. The second-order valence-corrected chi connectivity index (χ2v) is 5.75. The monoisotopic (exact) mass is 257 g/mol. The number of hydrogen-bond acceptors (Lipinski definition) is 4. The molecule has 0 aromatic carbocycles. The van der Waals surface area contributed by atoms with E-state index in [0.29, 0.717) is 12.0 Å². The lowest BCUT2D eigenvalue weighted by atomic mass is 9.71. The zero-order chi connectivity index (χ0) is 13.8. The molecule has 0 aromatic rings. The number of urea groups is 1. The van der Waals surface area contributed by atoms with Gasteiger partial charge in [-0.05, 0) is 31.1 Å². The molecule has 0 aromatic heterocycles. The number of amides is 3. The Kier molecular flexibility index (Phi) is 4.70. The van der Waals surface area contributed by atoms with Gasteiger partial charge in [0, 0.05) is 6.54 Å². The van der Waals surface area contributed by atoms with Crippen LogP contribution in [0, 0.1) is 5.41 Å². The molecule has 0 unspecified atom stereocenters. The van der Waals surface area contributed by atoms with Gasteiger partial charge in [0.15, 0.2) is 0 Å². The SMILES string of the molecule is CC1(C)CCC(CN)(OCC(=O)NC(N)=O)CC1. The standard InChI is InChI=1S/C12H23N3O3/c1-11(2)3-5-12(8-13,6-4-11)18-7-9(16)15-10(14)17/h3-8,13H2,1-2H3,(H3,14,15,16,17). The van der Waals surface area contributed by atoms with Crippen molar-refractivity contribution in [3.8, 4) is 0 Å². The molecule has 0 atom stereocenters. The first-order valence-electron chi connectivity index (χ1n) is 6.22. The number of carbonyl (C=O) groups is 2. The highest BCUT2D eigenvalue weighted by Crippen LogP contribution is 2.41. The van der Waals surface area contributed by atoms with Crippen molar-refractivity contribution in [1.29, 1.82) is 0 Å². The summed E-state index contributed by atoms with van der Waals surface area (Å²) in [6.07, 6.45) is 3.70. The van der Waals surface area contributed by atoms with Gasteiger partial charge in [0.2, 0.25) is 0 Å². The van der Waals surface area contributed by atoms with E-state index in [2.05, 4.69) is 13.8 Å². The summed E-state index contributed by atoms with van der Waals surface area (Å²) >= 11 is 0. The maximum Gasteiger partial charge on any atom is 0.318 e. The van der Waals surface area contributed by atoms with Gasteiger partial charge in [-0.15, -0.1) is 0 Å². The van der Waals surface area contributed by atoms with E-state index >= 15 is 0 Å². The predicted octanol–water partition coefficient (Wildman–Crippen LogP) is 0.496. The largest absolute Gasteiger partial charge is 0.364 e. The van der Waals surface area contributed by atoms with Gasteiger partial charge >= 0.3 is 6.03 Å². The van der Waals surface area contributed by atoms with Crippen LogP contribution in [0.3, 0.4) is 0 Å². The Hall–Kier alpha value is -1.14. The molecule has 0 heterocycles. The molecule has 6 nitrogen and oxygen atoms in total. The first kappa shape index (κ1) is 14.9. The molecule has 0 aliphatic heterocycles. The van der Waals surface area contributed by atoms with Crippen molar-refractivity contribution in [3.63, 3.8) is 0 Å². The van der Waals surface area contributed by atoms with E-state index in [9.17, 15) is 9.59 Å². The second-order valence-electron chi connectivity index (χ2n) is 5.75. The van der Waals surface area contributed by atoms with Crippen molar-refractivity contribution >= 4 is 11.9 Å². The molecule has 1 fully saturated rings. The fourth-order valence-corrected chi connectivity index (χ4v) is 2.18. The maximum absolute atomic E-state index is 11.3. The van der Waals surface area contributed by atoms with Crippen LogP contribution in [-0.4, -0.2) is 30.7 Å². The van der Waals surface area contributed by atoms with Crippen molar-refractivity contribution in [3.05, 3.63) is 0 Å². The number of rotatable bonds is 4. The van der Waals surface area contributed by atoms with Crippen LogP contribution in [0.25, 0.3) is 0 Å². The van der Waals surface area contributed by atoms with Crippen LogP contribution in [-0.2, 0) is 9.53 Å². The summed E-state index contributed by atoms with van der Waals surface area (Å²) in [5.74, 6) is -0.528. The van der Waals surface area contributed by atoms with E-state index in [1.165, 1.54) is 0 Å². The summed E-state index contributed by atoms with van der Waals surface area (Å²) in [6, 6.07) is -0.866. The molecule has 0 spiro atoms. The first-order chi connectivity index (χ1) is 8.29. The highest BCUT2D eigenvalue weighted by molar-refractivity contribution is 5.94. The van der Waals surface area contributed by atoms with Crippen molar-refractivity contribution in [2.75, 3.05) is 13.2 Å². The molecule has 18 heavy (non-hydrogen) atoms. The molecular formula is C12H23N3O3. The third kappa shape index (κ3) is 4.27. The van der Waals surface area contributed by atoms with Gasteiger partial charge < -0.3 is 16.2 Å². The van der Waals surface area contributed by atoms with E-state index in [0.717, 1.165) is 25.7 Å². The predicted molar refractivity (Wildman–Crippen MR) is 67.7 cm³/mol. The zero-order valence-electron chi connectivity index (χ0n) is 11.1. The molecule has 6 heteroatoms. The normalized spacial score (nSPS) is 21.3. The van der Waals surface area contributed by atoms with E-state index in [1.54, 1.807) is 0 Å². The lowest BCUT2D eigenvalue weighted by molar-refractivity contribution is -0.136. The molecule has 1 aliphatic rings. The van der Waals surface area contributed by atoms with Gasteiger partial charge in [0.1, 0.15) is 6.61 Å². The van der Waals surface area contributed by atoms with Gasteiger partial charge in [-0.1, -0.05) is 13.8 Å². The third-order valence-electron chi connectivity index (χ3n) is 3.66. The second kappa shape index (κ2) is 5.67. The summed E-state index contributed by atoms with van der Waals surface area (Å²) in [5.41, 5.74) is 10.5. The van der Waals surface area contributed by atoms with Crippen molar-refractivity contribution in [2.45, 2.75) is 45.1 Å². The van der Waals surface area contributed by atoms with Crippen LogP contribution < -0.4 is 16.8 Å². The highest BCUT2D eigenvalue weighted by atomic mass is 16.5. The topological polar surface area (TPSA) is 107 Å². The number of nitrogens with two attached hydrogens (primary N) is 2. The van der Waals surface area contributed by atoms with Gasteiger partial charge in [-0.25, -0.2) is 4.79 Å². The Labute approximate surface area is 107 Å². The Morgan fingerprint density at radius 2 is 1.78 bits per heavy atom. The number of imide groups is 1. The Balaban J connectivity index is 2.47. The lowest BCUT2D eigenvalue weighted by Crippen LogP contribution is -2.48. The maximum atomic E-state index is 11.3. The van der Waals surface area contributed by atoms with Gasteiger partial charge in [0.25, 0.3) is 5.91 Å². The average Bonchev–Trinajstić information content (AvgIpc) is 2.28. The molecule has 0 radical (unpaired) electrons. The minimum absolute atomic E-state index is 0.180. The van der Waals surface area contributed by atoms with Crippen LogP contribution in [0.15, 0.2) is 0 Å². The van der Waals surface area contributed by atoms with E-state index < -0.39 is 17.5 Å². The fraction of sp³-hybridized carbons (Fsp3) is 0.833. The van der Waals surface area contributed by atoms with E-state index in [4.69, 9.17) is 16.2 Å². The van der Waals surface area contributed by atoms with Gasteiger partial charge in [0.05, 0.1) is 5.60 Å². The van der Waals surface area contributed by atoms with E-state index in [1.807, 2.05) is 5.32 Å². The summed E-state index contributed by atoms with van der Waals surface area (Å²) in [4.78, 5) is 21.8. The van der Waals surface area contributed by atoms with Crippen LogP contribution in [0.1, 0.15) is 39.5 Å². The zero-order valence-corrected chi connectivity index (χ0v) is 11.1. The fourth-order valence-electron chi connectivity index (χ4n) is 2.18. The average molecular weight is 257 g/mol. The van der Waals surface area contributed by atoms with Gasteiger partial charge in [-0.3, -0.25) is 10.1 Å². The van der Waals surface area contributed by atoms with Crippen molar-refractivity contribution in [1.82, 2.24) is 5.32 Å². The number of carbonyl (C=O) groups excluding carboxylic acids is 2. The van der Waals surface area contributed by atoms with Crippen LogP contribution in [0.5, 0.6) is 0 Å². The number of ether oxygens (including phenoxy) is 1. The first-order valence-corrected chi connectivity index (χ1v) is 6.22. The molecule has 1 rings (SSSR count). The summed E-state index contributed by atoms with van der Waals surface area (Å²) < 4.78 is 5.63. The van der Waals surface area contributed by atoms with E-state index in [-0.39, 0.29) is 6.61 Å². The molecule has 5 N–H and O–H groups in total. The molecule has 0 saturated heterocycles. The molecule has 1 aliphatic carbocycles. The van der Waals surface area contributed by atoms with Crippen LogP contribution in [0.4, 0.5) is 4.79 Å². The van der Waals surface area contributed by atoms with Crippen molar-refractivity contribution in [2.24, 2.45) is 16.9 Å². The molecule has 1 saturated carbocycles. The Morgan fingerprint density at radius 1 is 1.22 bits per heavy atom. The minimum Gasteiger partial charge on any atom is -0.364 e. The van der Waals surface area contributed by atoms with Crippen LogP contribution >= 0.6 is 0 Å². The third-order valence-corrected chi connectivity index (χ3v) is 3.66. The molecule has 104 valence electrons. The molecular weight excluding hydrogens is 234 g/mol. The summed E-state index contributed by atoms with van der Waals surface area (Å²) in [7, 11) is 0. The number of hydrogen-bond donors (Lipinski definition) is 3. The molecule has 0 bridgehead atoms. The van der Waals surface area contributed by atoms with Gasteiger partial charge in [-0.2, -0.15) is 0 Å². The lowest BCUT2D eigenvalue weighted by Gasteiger charge is -2.42. The highest BCUT2D eigenvalue weighted by Gasteiger charge is 2.38. The smallest absolute Gasteiger partial charge is 0.318 e.